The normalized spacial score (nSPS) is 13.5. The lowest BCUT2D eigenvalue weighted by molar-refractivity contribution is 0.0948. The van der Waals surface area contributed by atoms with Gasteiger partial charge < -0.3 is 23.7 Å². The Morgan fingerprint density at radius 1 is 1.12 bits per heavy atom. The highest BCUT2D eigenvalue weighted by Crippen LogP contribution is 2.44. The monoisotopic (exact) mass is 564 g/mol. The molecule has 10 nitrogen and oxygen atoms in total. The van der Waals surface area contributed by atoms with E-state index in [0.717, 1.165) is 35.3 Å². The second-order valence-electron chi connectivity index (χ2n) is 9.15. The molecule has 0 bridgehead atoms. The molecule has 1 aliphatic carbocycles. The van der Waals surface area contributed by atoms with Gasteiger partial charge in [-0.1, -0.05) is 24.3 Å². The number of Topliss-reactive ketones (excluding diaryl/α,β-unsaturated/α-hetero) is 1. The van der Waals surface area contributed by atoms with Gasteiger partial charge in [0.2, 0.25) is 0 Å². The molecule has 4 rings (SSSR count). The SMILES string of the molecule is C=CCc1c(OCCCNC(=O)c2ccc(N/N=C/c3ccccc3S(O)(O)O)nc2)ccc2c1CCCC2=O. The number of nitrogens with one attached hydrogen (secondary N) is 2. The van der Waals surface area contributed by atoms with Crippen LogP contribution in [0.3, 0.4) is 0 Å². The maximum absolute atomic E-state index is 12.5. The number of pyridine rings is 1. The van der Waals surface area contributed by atoms with Gasteiger partial charge in [0, 0.05) is 35.9 Å². The number of hydrogen-bond acceptors (Lipinski definition) is 9. The molecule has 0 atom stereocenters. The summed E-state index contributed by atoms with van der Waals surface area (Å²) < 4.78 is 34.6. The Morgan fingerprint density at radius 3 is 2.70 bits per heavy atom. The smallest absolute Gasteiger partial charge is 0.252 e. The quantitative estimate of drug-likeness (QED) is 0.0830. The van der Waals surface area contributed by atoms with E-state index in [1.54, 1.807) is 30.3 Å². The summed E-state index contributed by atoms with van der Waals surface area (Å²) in [6.07, 6.45) is 8.08. The first-order valence-electron chi connectivity index (χ1n) is 12.8. The molecule has 0 unspecified atom stereocenters. The molecule has 2 aromatic carbocycles. The average molecular weight is 565 g/mol. The highest BCUT2D eigenvalue weighted by atomic mass is 32.3. The first-order valence-corrected chi connectivity index (χ1v) is 14.3. The van der Waals surface area contributed by atoms with Crippen LogP contribution in [0.5, 0.6) is 5.75 Å². The van der Waals surface area contributed by atoms with Gasteiger partial charge in [0.1, 0.15) is 22.4 Å². The molecule has 0 aliphatic heterocycles. The molecule has 1 aromatic heterocycles. The molecular weight excluding hydrogens is 532 g/mol. The molecule has 0 fully saturated rings. The van der Waals surface area contributed by atoms with E-state index in [0.29, 0.717) is 49.4 Å². The van der Waals surface area contributed by atoms with Crippen molar-refractivity contribution in [3.05, 3.63) is 95.2 Å². The maximum Gasteiger partial charge on any atom is 0.252 e. The molecule has 0 spiro atoms. The fourth-order valence-electron chi connectivity index (χ4n) is 4.44. The topological polar surface area (TPSA) is 153 Å². The van der Waals surface area contributed by atoms with Crippen LogP contribution < -0.4 is 15.5 Å². The van der Waals surface area contributed by atoms with Crippen LogP contribution in [0.1, 0.15) is 56.7 Å². The molecule has 11 heteroatoms. The predicted molar refractivity (Wildman–Crippen MR) is 156 cm³/mol. The van der Waals surface area contributed by atoms with Gasteiger partial charge in [-0.3, -0.25) is 15.0 Å². The summed E-state index contributed by atoms with van der Waals surface area (Å²) in [7, 11) is -3.88. The van der Waals surface area contributed by atoms with Gasteiger partial charge in [-0.2, -0.15) is 5.10 Å². The van der Waals surface area contributed by atoms with Crippen LogP contribution in [0, 0.1) is 0 Å². The van der Waals surface area contributed by atoms with E-state index in [1.807, 2.05) is 18.2 Å². The van der Waals surface area contributed by atoms with Crippen molar-refractivity contribution in [1.29, 1.82) is 0 Å². The van der Waals surface area contributed by atoms with Crippen molar-refractivity contribution in [1.82, 2.24) is 10.3 Å². The number of allylic oxidation sites excluding steroid dienone is 1. The molecule has 3 aromatic rings. The van der Waals surface area contributed by atoms with Crippen LogP contribution in [0.4, 0.5) is 5.82 Å². The lowest BCUT2D eigenvalue weighted by Gasteiger charge is -2.21. The fraction of sp³-hybridized carbons (Fsp3) is 0.241. The highest BCUT2D eigenvalue weighted by Gasteiger charge is 2.22. The molecule has 40 heavy (non-hydrogen) atoms. The maximum atomic E-state index is 12.5. The number of amides is 1. The number of nitrogens with zero attached hydrogens (tertiary/aromatic N) is 2. The van der Waals surface area contributed by atoms with E-state index >= 15 is 0 Å². The van der Waals surface area contributed by atoms with E-state index in [1.165, 1.54) is 18.5 Å². The Hall–Kier alpha value is -4.03. The number of ketones is 1. The minimum atomic E-state index is -3.88. The number of anilines is 1. The first-order chi connectivity index (χ1) is 19.3. The van der Waals surface area contributed by atoms with Gasteiger partial charge in [-0.25, -0.2) is 4.98 Å². The summed E-state index contributed by atoms with van der Waals surface area (Å²) in [5.74, 6) is 1.03. The molecule has 1 amide bonds. The van der Waals surface area contributed by atoms with Crippen molar-refractivity contribution < 1.29 is 28.0 Å². The minimum absolute atomic E-state index is 0.0395. The fourth-order valence-corrected chi connectivity index (χ4v) is 5.14. The van der Waals surface area contributed by atoms with Crippen molar-refractivity contribution >= 4 is 34.6 Å². The molecule has 1 heterocycles. The number of benzene rings is 2. The number of ether oxygens (including phenoxy) is 1. The van der Waals surface area contributed by atoms with Crippen LogP contribution in [-0.2, 0) is 12.8 Å². The average Bonchev–Trinajstić information content (AvgIpc) is 2.94. The Labute approximate surface area is 234 Å². The number of hydrogen-bond donors (Lipinski definition) is 5. The summed E-state index contributed by atoms with van der Waals surface area (Å²) in [5.41, 5.74) is 6.27. The van der Waals surface area contributed by atoms with Gasteiger partial charge in [-0.05, 0) is 61.6 Å². The molecule has 1 aliphatic rings. The van der Waals surface area contributed by atoms with Crippen LogP contribution in [0.25, 0.3) is 0 Å². The largest absolute Gasteiger partial charge is 0.493 e. The second kappa shape index (κ2) is 13.4. The van der Waals surface area contributed by atoms with Crippen molar-refractivity contribution in [3.8, 4) is 5.75 Å². The molecular formula is C29H32N4O6S. The van der Waals surface area contributed by atoms with Crippen LogP contribution in [0.2, 0.25) is 0 Å². The standard InChI is InChI=1S/C29H32N4O6S/c1-2-7-24-22-9-5-10-25(34)23(22)13-14-26(24)39-17-6-16-30-29(35)21-12-15-28(31-18-21)33-32-19-20-8-3-4-11-27(20)40(36,37)38/h2-4,8,11-15,18-19,36-38H,1,5-7,9-10,16-17H2,(H,30,35)(H,31,33)/b32-19+. The number of carbonyl (C=O) groups excluding carboxylic acids is 2. The van der Waals surface area contributed by atoms with Crippen LogP contribution in [0.15, 0.2) is 77.4 Å². The van der Waals surface area contributed by atoms with E-state index in [2.05, 4.69) is 27.4 Å². The van der Waals surface area contributed by atoms with Gasteiger partial charge in [0.15, 0.2) is 5.78 Å². The predicted octanol–water partition coefficient (Wildman–Crippen LogP) is 5.56. The molecule has 5 N–H and O–H groups in total. The number of aromatic nitrogens is 1. The van der Waals surface area contributed by atoms with E-state index in [4.69, 9.17) is 4.74 Å². The van der Waals surface area contributed by atoms with E-state index in [-0.39, 0.29) is 16.6 Å². The van der Waals surface area contributed by atoms with Gasteiger partial charge >= 0.3 is 0 Å². The summed E-state index contributed by atoms with van der Waals surface area (Å²) in [5, 5.41) is 6.85. The zero-order chi connectivity index (χ0) is 28.5. The number of rotatable bonds is 12. The number of carbonyl (C=O) groups is 2. The zero-order valence-corrected chi connectivity index (χ0v) is 22.7. The van der Waals surface area contributed by atoms with E-state index in [9.17, 15) is 23.2 Å². The third kappa shape index (κ3) is 7.33. The van der Waals surface area contributed by atoms with Crippen LogP contribution in [-0.4, -0.2) is 49.7 Å². The van der Waals surface area contributed by atoms with Gasteiger partial charge in [0.05, 0.1) is 23.3 Å². The Kier molecular flexibility index (Phi) is 9.67. The lowest BCUT2D eigenvalue weighted by Crippen LogP contribution is -2.25. The molecule has 0 saturated carbocycles. The number of fused-ring (bicyclic) bond motifs is 1. The Bertz CT molecular complexity index is 1400. The van der Waals surface area contributed by atoms with Crippen molar-refractivity contribution in [3.63, 3.8) is 0 Å². The van der Waals surface area contributed by atoms with Gasteiger partial charge in [0.25, 0.3) is 5.91 Å². The highest BCUT2D eigenvalue weighted by molar-refractivity contribution is 8.19. The summed E-state index contributed by atoms with van der Waals surface area (Å²) >= 11 is 0. The summed E-state index contributed by atoms with van der Waals surface area (Å²) in [6.45, 7) is 4.66. The molecule has 210 valence electrons. The number of hydrazone groups is 1. The lowest BCUT2D eigenvalue weighted by atomic mass is 9.86. The summed E-state index contributed by atoms with van der Waals surface area (Å²) in [6, 6.07) is 13.1. The van der Waals surface area contributed by atoms with Crippen LogP contribution >= 0.6 is 10.9 Å². The van der Waals surface area contributed by atoms with E-state index < -0.39 is 10.9 Å². The molecule has 0 radical (unpaired) electrons. The minimum Gasteiger partial charge on any atom is -0.493 e. The van der Waals surface area contributed by atoms with Crippen molar-refractivity contribution in [2.75, 3.05) is 18.6 Å². The first kappa shape index (κ1) is 29.0. The Balaban J connectivity index is 1.24. The van der Waals surface area contributed by atoms with Crippen molar-refractivity contribution in [2.24, 2.45) is 5.10 Å². The summed E-state index contributed by atoms with van der Waals surface area (Å²) in [4.78, 5) is 28.9. The third-order valence-corrected chi connectivity index (χ3v) is 7.32. The van der Waals surface area contributed by atoms with Crippen molar-refractivity contribution in [2.45, 2.75) is 37.0 Å². The second-order valence-corrected chi connectivity index (χ2v) is 10.6. The van der Waals surface area contributed by atoms with Gasteiger partial charge in [-0.15, -0.1) is 6.58 Å². The molecule has 0 saturated heterocycles. The Morgan fingerprint density at radius 2 is 1.95 bits per heavy atom. The zero-order valence-electron chi connectivity index (χ0n) is 21.9. The third-order valence-electron chi connectivity index (χ3n) is 6.35.